The molecule has 6 heteroatoms. The van der Waals surface area contributed by atoms with E-state index in [0.717, 1.165) is 16.7 Å². The Morgan fingerprint density at radius 1 is 1.25 bits per heavy atom. The molecule has 4 rings (SSSR count). The van der Waals surface area contributed by atoms with Crippen molar-refractivity contribution >= 4 is 16.8 Å². The summed E-state index contributed by atoms with van der Waals surface area (Å²) >= 11 is 0. The number of hydrogen-bond acceptors (Lipinski definition) is 3. The molecule has 0 radical (unpaired) electrons. The van der Waals surface area contributed by atoms with Gasteiger partial charge in [-0.2, -0.15) is 5.10 Å². The third-order valence-corrected chi connectivity index (χ3v) is 3.95. The molecular weight excluding hydrogens is 304 g/mol. The number of hydrogen-bond donors (Lipinski definition) is 2. The third kappa shape index (κ3) is 2.69. The Morgan fingerprint density at radius 2 is 2.17 bits per heavy atom. The molecule has 0 aliphatic rings. The molecule has 0 aliphatic carbocycles. The molecule has 1 atom stereocenters. The number of amides is 1. The van der Waals surface area contributed by atoms with Gasteiger partial charge in [-0.3, -0.25) is 9.48 Å². The van der Waals surface area contributed by atoms with Crippen molar-refractivity contribution in [2.45, 2.75) is 6.04 Å². The zero-order chi connectivity index (χ0) is 16.4. The lowest BCUT2D eigenvalue weighted by atomic mass is 10.2. The van der Waals surface area contributed by atoms with Gasteiger partial charge in [0, 0.05) is 29.8 Å². The summed E-state index contributed by atoms with van der Waals surface area (Å²) in [5.41, 5.74) is 1.48. The van der Waals surface area contributed by atoms with Crippen molar-refractivity contribution in [2.75, 3.05) is 6.54 Å². The number of carbonyl (C=O) groups excluding carboxylic acids is 1. The highest BCUT2D eigenvalue weighted by Gasteiger charge is 2.19. The Morgan fingerprint density at radius 3 is 2.92 bits per heavy atom. The second kappa shape index (κ2) is 6.08. The first-order valence-electron chi connectivity index (χ1n) is 7.70. The van der Waals surface area contributed by atoms with Crippen LogP contribution in [-0.2, 0) is 0 Å². The van der Waals surface area contributed by atoms with Crippen LogP contribution in [0.25, 0.3) is 10.9 Å². The van der Waals surface area contributed by atoms with E-state index >= 15 is 0 Å². The van der Waals surface area contributed by atoms with E-state index in [2.05, 4.69) is 15.4 Å². The van der Waals surface area contributed by atoms with Gasteiger partial charge in [0.25, 0.3) is 5.91 Å². The second-order valence-corrected chi connectivity index (χ2v) is 5.50. The highest BCUT2D eigenvalue weighted by molar-refractivity contribution is 5.97. The fourth-order valence-electron chi connectivity index (χ4n) is 2.75. The average molecular weight is 320 g/mol. The SMILES string of the molecule is O=C(NC[C@@H](c1ccco1)n1cccn1)c1cc2ccccc2[nH]1. The van der Waals surface area contributed by atoms with E-state index in [9.17, 15) is 4.79 Å². The van der Waals surface area contributed by atoms with Gasteiger partial charge in [-0.05, 0) is 30.3 Å². The van der Waals surface area contributed by atoms with Crippen molar-refractivity contribution < 1.29 is 9.21 Å². The third-order valence-electron chi connectivity index (χ3n) is 3.95. The number of aromatic nitrogens is 3. The number of fused-ring (bicyclic) bond motifs is 1. The summed E-state index contributed by atoms with van der Waals surface area (Å²) < 4.78 is 7.25. The molecule has 2 N–H and O–H groups in total. The Bertz CT molecular complexity index is 871. The Labute approximate surface area is 138 Å². The molecule has 1 amide bonds. The summed E-state index contributed by atoms with van der Waals surface area (Å²) in [5, 5.41) is 8.21. The lowest BCUT2D eigenvalue weighted by molar-refractivity contribution is 0.0944. The monoisotopic (exact) mass is 320 g/mol. The molecule has 3 heterocycles. The van der Waals surface area contributed by atoms with E-state index in [1.54, 1.807) is 17.1 Å². The lowest BCUT2D eigenvalue weighted by Gasteiger charge is -2.15. The smallest absolute Gasteiger partial charge is 0.267 e. The molecule has 4 aromatic rings. The zero-order valence-electron chi connectivity index (χ0n) is 12.8. The number of rotatable bonds is 5. The molecule has 0 saturated carbocycles. The summed E-state index contributed by atoms with van der Waals surface area (Å²) in [6.45, 7) is 0.378. The van der Waals surface area contributed by atoms with Gasteiger partial charge in [0.15, 0.2) is 0 Å². The van der Waals surface area contributed by atoms with Gasteiger partial charge in [-0.25, -0.2) is 0 Å². The molecule has 3 aromatic heterocycles. The van der Waals surface area contributed by atoms with E-state index in [0.29, 0.717) is 12.2 Å². The van der Waals surface area contributed by atoms with E-state index < -0.39 is 0 Å². The number of furan rings is 1. The highest BCUT2D eigenvalue weighted by Crippen LogP contribution is 2.18. The first-order valence-corrected chi connectivity index (χ1v) is 7.70. The van der Waals surface area contributed by atoms with Crippen molar-refractivity contribution in [3.8, 4) is 0 Å². The topological polar surface area (TPSA) is 75.8 Å². The maximum absolute atomic E-state index is 12.5. The standard InChI is InChI=1S/C18H16N4O2/c23-18(15-11-13-5-1-2-6-14(13)21-15)19-12-16(17-7-3-10-24-17)22-9-4-8-20-22/h1-11,16,21H,12H2,(H,19,23)/t16-/m0/s1. The van der Waals surface area contributed by atoms with Crippen molar-refractivity contribution in [3.05, 3.63) is 78.6 Å². The van der Waals surface area contributed by atoms with Crippen LogP contribution in [0.4, 0.5) is 0 Å². The van der Waals surface area contributed by atoms with E-state index in [-0.39, 0.29) is 11.9 Å². The quantitative estimate of drug-likeness (QED) is 0.593. The van der Waals surface area contributed by atoms with Gasteiger partial charge in [-0.1, -0.05) is 18.2 Å². The van der Waals surface area contributed by atoms with Crippen LogP contribution in [0.15, 0.2) is 71.6 Å². The van der Waals surface area contributed by atoms with Crippen LogP contribution in [0.2, 0.25) is 0 Å². The molecular formula is C18H16N4O2. The minimum Gasteiger partial charge on any atom is -0.467 e. The maximum atomic E-state index is 12.5. The molecule has 6 nitrogen and oxygen atoms in total. The summed E-state index contributed by atoms with van der Waals surface area (Å²) in [6.07, 6.45) is 5.17. The van der Waals surface area contributed by atoms with Crippen molar-refractivity contribution in [2.24, 2.45) is 0 Å². The number of benzene rings is 1. The predicted octanol–water partition coefficient (Wildman–Crippen LogP) is 2.98. The molecule has 0 saturated heterocycles. The van der Waals surface area contributed by atoms with Gasteiger partial charge in [-0.15, -0.1) is 0 Å². The van der Waals surface area contributed by atoms with Gasteiger partial charge < -0.3 is 14.7 Å². The molecule has 0 aliphatic heterocycles. The Kier molecular flexibility index (Phi) is 3.63. The first kappa shape index (κ1) is 14.3. The number of H-pyrrole nitrogens is 1. The fourth-order valence-corrected chi connectivity index (χ4v) is 2.75. The lowest BCUT2D eigenvalue weighted by Crippen LogP contribution is -2.31. The molecule has 0 unspecified atom stereocenters. The zero-order valence-corrected chi connectivity index (χ0v) is 12.8. The van der Waals surface area contributed by atoms with Crippen molar-refractivity contribution in [1.29, 1.82) is 0 Å². The predicted molar refractivity (Wildman–Crippen MR) is 89.7 cm³/mol. The maximum Gasteiger partial charge on any atom is 0.267 e. The number of nitrogens with zero attached hydrogens (tertiary/aromatic N) is 2. The van der Waals surface area contributed by atoms with Crippen LogP contribution < -0.4 is 5.32 Å². The molecule has 0 fully saturated rings. The van der Waals surface area contributed by atoms with Crippen LogP contribution in [0, 0.1) is 0 Å². The summed E-state index contributed by atoms with van der Waals surface area (Å²) in [4.78, 5) is 15.6. The number of aromatic amines is 1. The van der Waals surface area contributed by atoms with Gasteiger partial charge in [0.05, 0.1) is 6.26 Å². The van der Waals surface area contributed by atoms with Gasteiger partial charge >= 0.3 is 0 Å². The summed E-state index contributed by atoms with van der Waals surface area (Å²) in [6, 6.07) is 15.0. The van der Waals surface area contributed by atoms with Crippen LogP contribution in [0.3, 0.4) is 0 Å². The van der Waals surface area contributed by atoms with Crippen LogP contribution >= 0.6 is 0 Å². The number of nitrogens with one attached hydrogen (secondary N) is 2. The second-order valence-electron chi connectivity index (χ2n) is 5.50. The minimum atomic E-state index is -0.191. The Balaban J connectivity index is 1.52. The highest BCUT2D eigenvalue weighted by atomic mass is 16.3. The summed E-state index contributed by atoms with van der Waals surface area (Å²) in [7, 11) is 0. The van der Waals surface area contributed by atoms with Gasteiger partial charge in [0.1, 0.15) is 17.5 Å². The van der Waals surface area contributed by atoms with Crippen LogP contribution in [0.5, 0.6) is 0 Å². The molecule has 1 aromatic carbocycles. The van der Waals surface area contributed by atoms with E-state index in [1.807, 2.05) is 54.7 Å². The van der Waals surface area contributed by atoms with Crippen LogP contribution in [0.1, 0.15) is 22.3 Å². The number of para-hydroxylation sites is 1. The molecule has 24 heavy (non-hydrogen) atoms. The van der Waals surface area contributed by atoms with E-state index in [4.69, 9.17) is 4.42 Å². The molecule has 0 bridgehead atoms. The van der Waals surface area contributed by atoms with Gasteiger partial charge in [0.2, 0.25) is 0 Å². The number of carbonyl (C=O) groups is 1. The minimum absolute atomic E-state index is 0.157. The molecule has 120 valence electrons. The summed E-state index contributed by atoms with van der Waals surface area (Å²) in [5.74, 6) is 0.588. The van der Waals surface area contributed by atoms with Crippen molar-refractivity contribution in [1.82, 2.24) is 20.1 Å². The average Bonchev–Trinajstić information content (AvgIpc) is 3.35. The largest absolute Gasteiger partial charge is 0.467 e. The normalized spacial score (nSPS) is 12.3. The van der Waals surface area contributed by atoms with Crippen LogP contribution in [-0.4, -0.2) is 27.2 Å². The fraction of sp³-hybridized carbons (Fsp3) is 0.111. The van der Waals surface area contributed by atoms with Crippen molar-refractivity contribution in [3.63, 3.8) is 0 Å². The first-order chi connectivity index (χ1) is 11.8. The van der Waals surface area contributed by atoms with E-state index in [1.165, 1.54) is 0 Å². The Hall–Kier alpha value is -3.28. The molecule has 0 spiro atoms.